The first kappa shape index (κ1) is 12.6. The van der Waals surface area contributed by atoms with Crippen LogP contribution in [0.1, 0.15) is 22.1 Å². The third-order valence-electron chi connectivity index (χ3n) is 1.74. The molecule has 0 radical (unpaired) electrons. The summed E-state index contributed by atoms with van der Waals surface area (Å²) in [5, 5.41) is 8.66. The number of aryl methyl sites for hydroxylation is 1. The van der Waals surface area contributed by atoms with Crippen LogP contribution in [0.3, 0.4) is 0 Å². The van der Waals surface area contributed by atoms with Gasteiger partial charge in [0.05, 0.1) is 12.3 Å². The van der Waals surface area contributed by atoms with E-state index in [1.165, 1.54) is 6.92 Å². The Morgan fingerprint density at radius 1 is 1.62 bits per heavy atom. The van der Waals surface area contributed by atoms with E-state index in [2.05, 4.69) is 9.72 Å². The number of rotatable bonds is 6. The van der Waals surface area contributed by atoms with Gasteiger partial charge in [-0.3, -0.25) is 0 Å². The zero-order chi connectivity index (χ0) is 12.1. The number of hydrogen-bond acceptors (Lipinski definition) is 4. The van der Waals surface area contributed by atoms with Crippen LogP contribution in [0.4, 0.5) is 8.78 Å². The number of carboxylic acids is 1. The van der Waals surface area contributed by atoms with Gasteiger partial charge in [-0.2, -0.15) is 0 Å². The highest BCUT2D eigenvalue weighted by atomic mass is 19.3. The summed E-state index contributed by atoms with van der Waals surface area (Å²) in [4.78, 5) is 14.4. The lowest BCUT2D eigenvalue weighted by atomic mass is 10.4. The number of ether oxygens (including phenoxy) is 1. The highest BCUT2D eigenvalue weighted by molar-refractivity contribution is 5.85. The van der Waals surface area contributed by atoms with Crippen molar-refractivity contribution in [1.82, 2.24) is 4.98 Å². The zero-order valence-corrected chi connectivity index (χ0v) is 8.57. The molecule has 0 unspecified atom stereocenters. The number of carbonyl (C=O) groups is 1. The number of nitrogens with zero attached hydrogens (tertiary/aromatic N) is 1. The van der Waals surface area contributed by atoms with Crippen molar-refractivity contribution >= 4 is 5.97 Å². The molecule has 0 aliphatic carbocycles. The van der Waals surface area contributed by atoms with Crippen molar-refractivity contribution in [1.29, 1.82) is 0 Å². The summed E-state index contributed by atoms with van der Waals surface area (Å²) in [6.07, 6.45) is -2.35. The Morgan fingerprint density at radius 3 is 2.81 bits per heavy atom. The molecule has 0 fully saturated rings. The molecule has 0 aliphatic rings. The highest BCUT2D eigenvalue weighted by Gasteiger charge is 2.15. The van der Waals surface area contributed by atoms with Crippen LogP contribution in [0.5, 0.6) is 0 Å². The average molecular weight is 235 g/mol. The van der Waals surface area contributed by atoms with Crippen LogP contribution >= 0.6 is 0 Å². The van der Waals surface area contributed by atoms with E-state index >= 15 is 0 Å². The van der Waals surface area contributed by atoms with E-state index in [9.17, 15) is 13.6 Å². The highest BCUT2D eigenvalue weighted by Crippen LogP contribution is 2.10. The molecule has 0 saturated heterocycles. The summed E-state index contributed by atoms with van der Waals surface area (Å²) in [5.74, 6) is -1.27. The van der Waals surface area contributed by atoms with Crippen LogP contribution in [0.15, 0.2) is 4.42 Å². The maximum Gasteiger partial charge on any atom is 0.373 e. The maximum atomic E-state index is 11.7. The minimum atomic E-state index is -2.51. The third-order valence-corrected chi connectivity index (χ3v) is 1.74. The van der Waals surface area contributed by atoms with Crippen molar-refractivity contribution in [3.05, 3.63) is 17.3 Å². The van der Waals surface area contributed by atoms with Gasteiger partial charge in [0.2, 0.25) is 5.76 Å². The van der Waals surface area contributed by atoms with E-state index in [0.29, 0.717) is 0 Å². The number of oxazole rings is 1. The Hall–Kier alpha value is -1.50. The molecule has 0 amide bonds. The second kappa shape index (κ2) is 5.55. The lowest BCUT2D eigenvalue weighted by molar-refractivity contribution is 0.0173. The molecule has 0 aliphatic heterocycles. The fraction of sp³-hybridized carbons (Fsp3) is 0.556. The standard InChI is InChI=1S/C9H11F2NO4/c1-5-8(9(13)14)16-7(12-5)2-3-15-4-6(10)11/h6H,2-4H2,1H3,(H,13,14). The molecule has 5 nitrogen and oxygen atoms in total. The number of aromatic nitrogens is 1. The van der Waals surface area contributed by atoms with Crippen LogP contribution in [0.2, 0.25) is 0 Å². The molecule has 7 heteroatoms. The molecule has 1 aromatic rings. The summed E-state index contributed by atoms with van der Waals surface area (Å²) < 4.78 is 32.9. The zero-order valence-electron chi connectivity index (χ0n) is 8.57. The van der Waals surface area contributed by atoms with Gasteiger partial charge in [-0.1, -0.05) is 0 Å². The second-order valence-corrected chi connectivity index (χ2v) is 3.04. The van der Waals surface area contributed by atoms with E-state index in [1.54, 1.807) is 0 Å². The van der Waals surface area contributed by atoms with E-state index in [1.807, 2.05) is 0 Å². The Balaban J connectivity index is 2.43. The molecule has 0 atom stereocenters. The van der Waals surface area contributed by atoms with Crippen LogP contribution in [-0.2, 0) is 11.2 Å². The number of aromatic carboxylic acids is 1. The molecule has 1 N–H and O–H groups in total. The van der Waals surface area contributed by atoms with E-state index in [0.717, 1.165) is 0 Å². The van der Waals surface area contributed by atoms with Crippen molar-refractivity contribution in [3.63, 3.8) is 0 Å². The Morgan fingerprint density at radius 2 is 2.31 bits per heavy atom. The normalized spacial score (nSPS) is 11.0. The van der Waals surface area contributed by atoms with Gasteiger partial charge >= 0.3 is 5.97 Å². The first-order valence-electron chi connectivity index (χ1n) is 4.56. The fourth-order valence-corrected chi connectivity index (χ4v) is 1.09. The van der Waals surface area contributed by atoms with Gasteiger partial charge < -0.3 is 14.3 Å². The van der Waals surface area contributed by atoms with Crippen molar-refractivity contribution < 1.29 is 27.8 Å². The van der Waals surface area contributed by atoms with Crippen LogP contribution in [-0.4, -0.2) is 35.7 Å². The fourth-order valence-electron chi connectivity index (χ4n) is 1.09. The van der Waals surface area contributed by atoms with Crippen LogP contribution in [0.25, 0.3) is 0 Å². The van der Waals surface area contributed by atoms with E-state index < -0.39 is 19.0 Å². The Bertz CT molecular complexity index is 364. The van der Waals surface area contributed by atoms with Crippen molar-refractivity contribution in [3.8, 4) is 0 Å². The molecule has 1 rings (SSSR count). The van der Waals surface area contributed by atoms with E-state index in [4.69, 9.17) is 9.52 Å². The van der Waals surface area contributed by atoms with Gasteiger partial charge in [0.1, 0.15) is 6.61 Å². The summed E-state index contributed by atoms with van der Waals surface area (Å²) in [5.41, 5.74) is 0.261. The molecule has 0 saturated carbocycles. The van der Waals surface area contributed by atoms with Crippen LogP contribution < -0.4 is 0 Å². The Labute approximate surface area is 90.0 Å². The topological polar surface area (TPSA) is 72.6 Å². The molecule has 90 valence electrons. The number of hydrogen-bond donors (Lipinski definition) is 1. The molecule has 0 bridgehead atoms. The number of carboxylic acid groups (broad SMARTS) is 1. The quantitative estimate of drug-likeness (QED) is 0.756. The smallest absolute Gasteiger partial charge is 0.373 e. The molecule has 0 spiro atoms. The van der Waals surface area contributed by atoms with Crippen molar-refractivity contribution in [2.24, 2.45) is 0 Å². The summed E-state index contributed by atoms with van der Waals surface area (Å²) in [6.45, 7) is 0.866. The molecule has 1 aromatic heterocycles. The molecular formula is C9H11F2NO4. The number of halogens is 2. The predicted octanol–water partition coefficient (Wildman–Crippen LogP) is 1.51. The van der Waals surface area contributed by atoms with Crippen LogP contribution in [0, 0.1) is 6.92 Å². The molecule has 0 aromatic carbocycles. The minimum Gasteiger partial charge on any atom is -0.475 e. The van der Waals surface area contributed by atoms with Gasteiger partial charge in [-0.05, 0) is 6.92 Å². The SMILES string of the molecule is Cc1nc(CCOCC(F)F)oc1C(=O)O. The Kier molecular flexibility index (Phi) is 4.36. The van der Waals surface area contributed by atoms with Crippen molar-refractivity contribution in [2.75, 3.05) is 13.2 Å². The lowest BCUT2D eigenvalue weighted by Crippen LogP contribution is -2.07. The van der Waals surface area contributed by atoms with Gasteiger partial charge in [-0.25, -0.2) is 18.6 Å². The average Bonchev–Trinajstić information content (AvgIpc) is 2.54. The van der Waals surface area contributed by atoms with Gasteiger partial charge in [0, 0.05) is 6.42 Å². The van der Waals surface area contributed by atoms with E-state index in [-0.39, 0.29) is 30.4 Å². The van der Waals surface area contributed by atoms with Gasteiger partial charge in [0.15, 0.2) is 5.89 Å². The first-order chi connectivity index (χ1) is 7.50. The predicted molar refractivity (Wildman–Crippen MR) is 48.7 cm³/mol. The molecular weight excluding hydrogens is 224 g/mol. The number of alkyl halides is 2. The summed E-state index contributed by atoms with van der Waals surface area (Å²) in [6, 6.07) is 0. The lowest BCUT2D eigenvalue weighted by Gasteiger charge is -2.00. The second-order valence-electron chi connectivity index (χ2n) is 3.04. The third kappa shape index (κ3) is 3.58. The molecule has 1 heterocycles. The summed E-state index contributed by atoms with van der Waals surface area (Å²) >= 11 is 0. The summed E-state index contributed by atoms with van der Waals surface area (Å²) in [7, 11) is 0. The largest absolute Gasteiger partial charge is 0.475 e. The first-order valence-corrected chi connectivity index (χ1v) is 4.56. The minimum absolute atomic E-state index is 0.0172. The van der Waals surface area contributed by atoms with Gasteiger partial charge in [-0.15, -0.1) is 0 Å². The maximum absolute atomic E-state index is 11.7. The monoisotopic (exact) mass is 235 g/mol. The van der Waals surface area contributed by atoms with Crippen molar-refractivity contribution in [2.45, 2.75) is 19.8 Å². The molecule has 16 heavy (non-hydrogen) atoms. The van der Waals surface area contributed by atoms with Gasteiger partial charge in [0.25, 0.3) is 6.43 Å².